The van der Waals surface area contributed by atoms with Gasteiger partial charge in [0.25, 0.3) is 0 Å². The van der Waals surface area contributed by atoms with Crippen molar-refractivity contribution in [2.75, 3.05) is 25.4 Å². The van der Waals surface area contributed by atoms with Gasteiger partial charge in [-0.2, -0.15) is 0 Å². The number of likely N-dealkylation sites (tertiary alicyclic amines) is 1. The Morgan fingerprint density at radius 2 is 1.74 bits per heavy atom. The molecule has 1 amide bonds. The summed E-state index contributed by atoms with van der Waals surface area (Å²) < 4.78 is 15.6. The number of amides is 1. The maximum Gasteiger partial charge on any atom is 0.233 e. The Hall–Kier alpha value is -2.71. The van der Waals surface area contributed by atoms with Gasteiger partial charge in [-0.25, -0.2) is 4.39 Å². The second-order valence-corrected chi connectivity index (χ2v) is 10.1. The van der Waals surface area contributed by atoms with E-state index in [0.717, 1.165) is 36.6 Å². The molecule has 0 aliphatic carbocycles. The Morgan fingerprint density at radius 3 is 2.43 bits per heavy atom. The van der Waals surface area contributed by atoms with E-state index in [0.29, 0.717) is 24.8 Å². The van der Waals surface area contributed by atoms with Crippen LogP contribution in [0.15, 0.2) is 53.7 Å². The zero-order chi connectivity index (χ0) is 24.6. The summed E-state index contributed by atoms with van der Waals surface area (Å²) in [6.45, 7) is 8.22. The SMILES string of the molecule is CCCN(Cc1ccc(C)cc1)C(=O)CSc1nnc(CN2CCCCC2)n1-c1ccc(F)cc1. The van der Waals surface area contributed by atoms with Crippen LogP contribution in [0.1, 0.15) is 49.6 Å². The van der Waals surface area contributed by atoms with E-state index in [1.807, 2.05) is 9.47 Å². The van der Waals surface area contributed by atoms with E-state index in [2.05, 4.69) is 53.2 Å². The predicted octanol–water partition coefficient (Wildman–Crippen LogP) is 5.23. The topological polar surface area (TPSA) is 54.3 Å². The molecule has 0 atom stereocenters. The Bertz CT molecular complexity index is 1090. The van der Waals surface area contributed by atoms with E-state index >= 15 is 0 Å². The van der Waals surface area contributed by atoms with Crippen molar-refractivity contribution in [1.29, 1.82) is 0 Å². The van der Waals surface area contributed by atoms with Crippen molar-refractivity contribution in [3.05, 3.63) is 71.3 Å². The first-order valence-corrected chi connectivity index (χ1v) is 13.4. The second-order valence-electron chi connectivity index (χ2n) is 9.14. The molecule has 1 saturated heterocycles. The van der Waals surface area contributed by atoms with E-state index in [1.54, 1.807) is 12.1 Å². The van der Waals surface area contributed by atoms with E-state index < -0.39 is 0 Å². The molecule has 0 N–H and O–H groups in total. The van der Waals surface area contributed by atoms with Crippen LogP contribution < -0.4 is 0 Å². The number of carbonyl (C=O) groups is 1. The molecule has 1 fully saturated rings. The van der Waals surface area contributed by atoms with Gasteiger partial charge in [0, 0.05) is 18.8 Å². The van der Waals surface area contributed by atoms with Crippen LogP contribution in [0.5, 0.6) is 0 Å². The predicted molar refractivity (Wildman–Crippen MR) is 138 cm³/mol. The molecule has 0 bridgehead atoms. The summed E-state index contributed by atoms with van der Waals surface area (Å²) in [6, 6.07) is 14.7. The molecular formula is C27H34FN5OS. The molecule has 8 heteroatoms. The van der Waals surface area contributed by atoms with E-state index in [4.69, 9.17) is 0 Å². The number of hydrogen-bond donors (Lipinski definition) is 0. The molecule has 1 aliphatic heterocycles. The van der Waals surface area contributed by atoms with Gasteiger partial charge in [-0.05, 0) is 69.1 Å². The first kappa shape index (κ1) is 25.4. The van der Waals surface area contributed by atoms with Crippen LogP contribution in [-0.2, 0) is 17.9 Å². The maximum absolute atomic E-state index is 13.6. The van der Waals surface area contributed by atoms with Gasteiger partial charge in [-0.3, -0.25) is 14.3 Å². The van der Waals surface area contributed by atoms with Gasteiger partial charge in [0.1, 0.15) is 5.82 Å². The molecule has 0 spiro atoms. The number of carbonyl (C=O) groups excluding carboxylic acids is 1. The summed E-state index contributed by atoms with van der Waals surface area (Å²) in [4.78, 5) is 17.5. The normalized spacial score (nSPS) is 14.3. The third kappa shape index (κ3) is 6.92. The highest BCUT2D eigenvalue weighted by molar-refractivity contribution is 7.99. The van der Waals surface area contributed by atoms with Gasteiger partial charge in [0.2, 0.25) is 5.91 Å². The van der Waals surface area contributed by atoms with Gasteiger partial charge in [-0.1, -0.05) is 54.9 Å². The Balaban J connectivity index is 1.50. The first-order chi connectivity index (χ1) is 17.0. The van der Waals surface area contributed by atoms with Crippen LogP contribution in [0.2, 0.25) is 0 Å². The molecule has 0 unspecified atom stereocenters. The number of piperidine rings is 1. The van der Waals surface area contributed by atoms with Crippen molar-refractivity contribution in [3.63, 3.8) is 0 Å². The fraction of sp³-hybridized carbons (Fsp3) is 0.444. The van der Waals surface area contributed by atoms with Crippen molar-refractivity contribution >= 4 is 17.7 Å². The highest BCUT2D eigenvalue weighted by atomic mass is 32.2. The van der Waals surface area contributed by atoms with Crippen LogP contribution in [0.4, 0.5) is 4.39 Å². The molecular weight excluding hydrogens is 461 g/mol. The largest absolute Gasteiger partial charge is 0.338 e. The van der Waals surface area contributed by atoms with Gasteiger partial charge >= 0.3 is 0 Å². The molecule has 4 rings (SSSR count). The average molecular weight is 496 g/mol. The third-order valence-corrected chi connectivity index (χ3v) is 7.18. The lowest BCUT2D eigenvalue weighted by molar-refractivity contribution is -0.129. The van der Waals surface area contributed by atoms with Crippen LogP contribution in [0.3, 0.4) is 0 Å². The van der Waals surface area contributed by atoms with E-state index in [-0.39, 0.29) is 17.5 Å². The highest BCUT2D eigenvalue weighted by Crippen LogP contribution is 2.25. The molecule has 6 nitrogen and oxygen atoms in total. The lowest BCUT2D eigenvalue weighted by Crippen LogP contribution is -2.32. The zero-order valence-electron chi connectivity index (χ0n) is 20.6. The molecule has 186 valence electrons. The minimum Gasteiger partial charge on any atom is -0.338 e. The van der Waals surface area contributed by atoms with Crippen LogP contribution in [0, 0.1) is 12.7 Å². The molecule has 0 radical (unpaired) electrons. The van der Waals surface area contributed by atoms with Gasteiger partial charge in [-0.15, -0.1) is 10.2 Å². The molecule has 0 saturated carbocycles. The lowest BCUT2D eigenvalue weighted by Gasteiger charge is -2.26. The van der Waals surface area contributed by atoms with Crippen molar-refractivity contribution in [1.82, 2.24) is 24.6 Å². The van der Waals surface area contributed by atoms with E-state index in [9.17, 15) is 9.18 Å². The standard InChI is InChI=1S/C27H34FN5OS/c1-3-15-32(18-22-9-7-21(2)8-10-22)26(34)20-35-27-30-29-25(19-31-16-5-4-6-17-31)33(27)24-13-11-23(28)12-14-24/h7-14H,3-6,15-20H2,1-2H3. The number of nitrogens with zero attached hydrogens (tertiary/aromatic N) is 5. The molecule has 35 heavy (non-hydrogen) atoms. The third-order valence-electron chi connectivity index (χ3n) is 6.26. The summed E-state index contributed by atoms with van der Waals surface area (Å²) >= 11 is 1.39. The Kier molecular flexibility index (Phi) is 8.93. The summed E-state index contributed by atoms with van der Waals surface area (Å²) in [6.07, 6.45) is 4.54. The quantitative estimate of drug-likeness (QED) is 0.361. The minimum atomic E-state index is -0.282. The highest BCUT2D eigenvalue weighted by Gasteiger charge is 2.21. The fourth-order valence-electron chi connectivity index (χ4n) is 4.36. The minimum absolute atomic E-state index is 0.0728. The smallest absolute Gasteiger partial charge is 0.233 e. The van der Waals surface area contributed by atoms with Gasteiger partial charge in [0.15, 0.2) is 11.0 Å². The van der Waals surface area contributed by atoms with Gasteiger partial charge < -0.3 is 4.90 Å². The summed E-state index contributed by atoms with van der Waals surface area (Å²) in [7, 11) is 0. The monoisotopic (exact) mass is 495 g/mol. The number of aryl methyl sites for hydroxylation is 1. The van der Waals surface area contributed by atoms with Crippen molar-refractivity contribution in [2.24, 2.45) is 0 Å². The van der Waals surface area contributed by atoms with Crippen molar-refractivity contribution in [3.8, 4) is 5.69 Å². The number of halogens is 1. The molecule has 3 aromatic rings. The summed E-state index contributed by atoms with van der Waals surface area (Å²) in [5, 5.41) is 9.57. The average Bonchev–Trinajstić information content (AvgIpc) is 3.27. The van der Waals surface area contributed by atoms with Crippen molar-refractivity contribution in [2.45, 2.75) is 57.8 Å². The molecule has 2 aromatic carbocycles. The van der Waals surface area contributed by atoms with Crippen molar-refractivity contribution < 1.29 is 9.18 Å². The number of aromatic nitrogens is 3. The number of rotatable bonds is 10. The second kappa shape index (κ2) is 12.3. The first-order valence-electron chi connectivity index (χ1n) is 12.4. The molecule has 2 heterocycles. The molecule has 1 aromatic heterocycles. The number of thioether (sulfide) groups is 1. The fourth-order valence-corrected chi connectivity index (χ4v) is 5.23. The van der Waals surface area contributed by atoms with Crippen LogP contribution in [0.25, 0.3) is 5.69 Å². The Morgan fingerprint density at radius 1 is 1.03 bits per heavy atom. The number of hydrogen-bond acceptors (Lipinski definition) is 5. The molecule has 1 aliphatic rings. The summed E-state index contributed by atoms with van der Waals surface area (Å²) in [5.41, 5.74) is 3.14. The number of benzene rings is 2. The van der Waals surface area contributed by atoms with Crippen LogP contribution in [-0.4, -0.2) is 55.9 Å². The van der Waals surface area contributed by atoms with E-state index in [1.165, 1.54) is 48.7 Å². The lowest BCUT2D eigenvalue weighted by atomic mass is 10.1. The summed E-state index contributed by atoms with van der Waals surface area (Å²) in [5.74, 6) is 0.881. The Labute approximate surface area is 211 Å². The van der Waals surface area contributed by atoms with Gasteiger partial charge in [0.05, 0.1) is 12.3 Å². The maximum atomic E-state index is 13.6. The zero-order valence-corrected chi connectivity index (χ0v) is 21.4. The van der Waals surface area contributed by atoms with Crippen LogP contribution >= 0.6 is 11.8 Å².